The Balaban J connectivity index is 1.91. The van der Waals surface area contributed by atoms with Crippen LogP contribution in [0.15, 0.2) is 48.5 Å². The second kappa shape index (κ2) is 9.48. The molecule has 0 aliphatic rings. The Labute approximate surface area is 163 Å². The molecule has 0 spiro atoms. The number of carbonyl (C=O) groups excluding carboxylic acids is 1. The maximum atomic E-state index is 12.2. The van der Waals surface area contributed by atoms with Crippen LogP contribution in [0.3, 0.4) is 0 Å². The van der Waals surface area contributed by atoms with E-state index in [4.69, 9.17) is 21.1 Å². The molecule has 0 aliphatic heterocycles. The Morgan fingerprint density at radius 1 is 1.15 bits per heavy atom. The first-order chi connectivity index (χ1) is 12.8. The summed E-state index contributed by atoms with van der Waals surface area (Å²) in [6.07, 6.45) is 1.05. The van der Waals surface area contributed by atoms with E-state index in [1.807, 2.05) is 0 Å². The van der Waals surface area contributed by atoms with E-state index in [9.17, 15) is 13.2 Å². The molecule has 0 atom stereocenters. The summed E-state index contributed by atoms with van der Waals surface area (Å²) in [6, 6.07) is 13.4. The normalized spacial score (nSPS) is 10.9. The molecule has 2 rings (SSSR count). The number of nitrogens with zero attached hydrogens (tertiary/aromatic N) is 1. The summed E-state index contributed by atoms with van der Waals surface area (Å²) in [6.45, 7) is 0.0818. The zero-order valence-electron chi connectivity index (χ0n) is 15.0. The summed E-state index contributed by atoms with van der Waals surface area (Å²) in [4.78, 5) is 12.2. The Bertz CT molecular complexity index is 872. The molecule has 0 saturated heterocycles. The van der Waals surface area contributed by atoms with E-state index in [1.165, 1.54) is 7.11 Å². The van der Waals surface area contributed by atoms with Gasteiger partial charge in [0.25, 0.3) is 0 Å². The lowest BCUT2D eigenvalue weighted by Crippen LogP contribution is -2.41. The van der Waals surface area contributed by atoms with E-state index in [0.717, 1.165) is 10.6 Å². The van der Waals surface area contributed by atoms with Crippen LogP contribution < -0.4 is 19.1 Å². The van der Waals surface area contributed by atoms with Crippen LogP contribution in [-0.4, -0.2) is 47.4 Å². The van der Waals surface area contributed by atoms with Gasteiger partial charge in [0, 0.05) is 0 Å². The number of hydrogen-bond acceptors (Lipinski definition) is 5. The van der Waals surface area contributed by atoms with E-state index in [1.54, 1.807) is 48.5 Å². The molecule has 2 aromatic carbocycles. The zero-order chi connectivity index (χ0) is 19.9. The highest BCUT2D eigenvalue weighted by molar-refractivity contribution is 7.92. The van der Waals surface area contributed by atoms with Crippen LogP contribution in [0.5, 0.6) is 11.5 Å². The topological polar surface area (TPSA) is 84.9 Å². The van der Waals surface area contributed by atoms with Crippen LogP contribution in [-0.2, 0) is 14.8 Å². The second-order valence-electron chi connectivity index (χ2n) is 5.60. The summed E-state index contributed by atoms with van der Waals surface area (Å²) < 4.78 is 35.7. The zero-order valence-corrected chi connectivity index (χ0v) is 16.6. The number of methoxy groups -OCH3 is 1. The third-order valence-electron chi connectivity index (χ3n) is 3.57. The monoisotopic (exact) mass is 412 g/mol. The number of sulfonamides is 1. The molecule has 1 N–H and O–H groups in total. The molecule has 27 heavy (non-hydrogen) atoms. The van der Waals surface area contributed by atoms with E-state index in [-0.39, 0.29) is 19.7 Å². The maximum Gasteiger partial charge on any atom is 0.240 e. The van der Waals surface area contributed by atoms with Crippen molar-refractivity contribution in [1.82, 2.24) is 5.32 Å². The highest BCUT2D eigenvalue weighted by atomic mass is 35.5. The van der Waals surface area contributed by atoms with Crippen LogP contribution in [0.25, 0.3) is 0 Å². The van der Waals surface area contributed by atoms with Gasteiger partial charge in [0.1, 0.15) is 24.7 Å². The Hall–Kier alpha value is -2.45. The van der Waals surface area contributed by atoms with E-state index in [0.29, 0.717) is 22.2 Å². The minimum absolute atomic E-state index is 0.205. The third kappa shape index (κ3) is 6.33. The summed E-state index contributed by atoms with van der Waals surface area (Å²) in [5.74, 6) is 0.664. The summed E-state index contributed by atoms with van der Waals surface area (Å²) in [5, 5.41) is 3.11. The summed E-state index contributed by atoms with van der Waals surface area (Å²) in [5.41, 5.74) is 0.376. The number of anilines is 1. The van der Waals surface area contributed by atoms with Crippen molar-refractivity contribution in [2.45, 2.75) is 0 Å². The van der Waals surface area contributed by atoms with Gasteiger partial charge < -0.3 is 14.8 Å². The quantitative estimate of drug-likeness (QED) is 0.639. The van der Waals surface area contributed by atoms with E-state index in [2.05, 4.69) is 5.32 Å². The van der Waals surface area contributed by atoms with Crippen molar-refractivity contribution in [2.75, 3.05) is 37.4 Å². The predicted octanol–water partition coefficient (Wildman–Crippen LogP) is 2.31. The number of benzene rings is 2. The van der Waals surface area contributed by atoms with Gasteiger partial charge in [-0.25, -0.2) is 8.42 Å². The van der Waals surface area contributed by atoms with Crippen molar-refractivity contribution < 1.29 is 22.7 Å². The van der Waals surface area contributed by atoms with Crippen LogP contribution in [0.2, 0.25) is 5.02 Å². The Morgan fingerprint density at radius 2 is 1.81 bits per heavy atom. The summed E-state index contributed by atoms with van der Waals surface area (Å²) in [7, 11) is -2.11. The second-order valence-corrected chi connectivity index (χ2v) is 7.91. The molecular weight excluding hydrogens is 392 g/mol. The average molecular weight is 413 g/mol. The van der Waals surface area contributed by atoms with Crippen molar-refractivity contribution in [2.24, 2.45) is 0 Å². The lowest BCUT2D eigenvalue weighted by atomic mass is 10.3. The third-order valence-corrected chi connectivity index (χ3v) is 5.02. The molecule has 1 amide bonds. The molecule has 0 bridgehead atoms. The van der Waals surface area contributed by atoms with Crippen molar-refractivity contribution in [3.63, 3.8) is 0 Å². The molecule has 2 aromatic rings. The molecule has 0 saturated carbocycles. The molecule has 0 heterocycles. The number of amides is 1. The lowest BCUT2D eigenvalue weighted by Gasteiger charge is -2.22. The Kier molecular flexibility index (Phi) is 7.32. The predicted molar refractivity (Wildman–Crippen MR) is 105 cm³/mol. The smallest absolute Gasteiger partial charge is 0.240 e. The maximum absolute atomic E-state index is 12.2. The highest BCUT2D eigenvalue weighted by Gasteiger charge is 2.20. The molecule has 0 aliphatic carbocycles. The van der Waals surface area contributed by atoms with Gasteiger partial charge in [-0.1, -0.05) is 23.7 Å². The van der Waals surface area contributed by atoms with Gasteiger partial charge in [0.2, 0.25) is 15.9 Å². The fourth-order valence-corrected chi connectivity index (χ4v) is 3.29. The number of ether oxygens (including phenoxy) is 2. The number of hydrogen-bond donors (Lipinski definition) is 1. The van der Waals surface area contributed by atoms with E-state index >= 15 is 0 Å². The number of nitrogens with one attached hydrogen (secondary N) is 1. The fraction of sp³-hybridized carbons (Fsp3) is 0.278. The molecular formula is C18H21ClN2O5S. The minimum Gasteiger partial charge on any atom is -0.497 e. The number of halogens is 1. The molecule has 9 heteroatoms. The van der Waals surface area contributed by atoms with Crippen molar-refractivity contribution in [1.29, 1.82) is 0 Å². The molecule has 7 nitrogen and oxygen atoms in total. The summed E-state index contributed by atoms with van der Waals surface area (Å²) >= 11 is 5.98. The molecule has 0 radical (unpaired) electrons. The van der Waals surface area contributed by atoms with Crippen molar-refractivity contribution in [3.8, 4) is 11.5 Å². The van der Waals surface area contributed by atoms with Gasteiger partial charge in [0.05, 0.1) is 30.6 Å². The van der Waals surface area contributed by atoms with Crippen molar-refractivity contribution >= 4 is 33.2 Å². The van der Waals surface area contributed by atoms with Gasteiger partial charge in [-0.3, -0.25) is 9.10 Å². The molecule has 0 aromatic heterocycles. The fourth-order valence-electron chi connectivity index (χ4n) is 2.25. The van der Waals surface area contributed by atoms with Crippen LogP contribution in [0.1, 0.15) is 0 Å². The van der Waals surface area contributed by atoms with Crippen molar-refractivity contribution in [3.05, 3.63) is 53.6 Å². The van der Waals surface area contributed by atoms with Crippen LogP contribution in [0, 0.1) is 0 Å². The van der Waals surface area contributed by atoms with Gasteiger partial charge in [0.15, 0.2) is 0 Å². The van der Waals surface area contributed by atoms with Gasteiger partial charge in [-0.2, -0.15) is 0 Å². The SMILES string of the molecule is COc1ccc(N(CC(=O)NCCOc2ccccc2Cl)S(C)(=O)=O)cc1. The van der Waals surface area contributed by atoms with E-state index < -0.39 is 15.9 Å². The first-order valence-corrected chi connectivity index (χ1v) is 10.3. The largest absolute Gasteiger partial charge is 0.497 e. The first-order valence-electron chi connectivity index (χ1n) is 8.07. The molecule has 146 valence electrons. The standard InChI is InChI=1S/C18H21ClN2O5S/c1-25-15-9-7-14(8-10-15)21(27(2,23)24)13-18(22)20-11-12-26-17-6-4-3-5-16(17)19/h3-10H,11-13H2,1-2H3,(H,20,22). The number of carbonyl (C=O) groups is 1. The number of para-hydroxylation sites is 1. The Morgan fingerprint density at radius 3 is 2.41 bits per heavy atom. The molecule has 0 fully saturated rings. The van der Waals surface area contributed by atoms with Crippen LogP contribution >= 0.6 is 11.6 Å². The number of rotatable bonds is 9. The lowest BCUT2D eigenvalue weighted by molar-refractivity contribution is -0.119. The molecule has 0 unspecified atom stereocenters. The van der Waals surface area contributed by atoms with Gasteiger partial charge >= 0.3 is 0 Å². The first kappa shape index (κ1) is 20.9. The van der Waals surface area contributed by atoms with Crippen LogP contribution in [0.4, 0.5) is 5.69 Å². The average Bonchev–Trinajstić information content (AvgIpc) is 2.64. The minimum atomic E-state index is -3.63. The van der Waals surface area contributed by atoms with Gasteiger partial charge in [-0.05, 0) is 36.4 Å². The van der Waals surface area contributed by atoms with Gasteiger partial charge in [-0.15, -0.1) is 0 Å². The highest BCUT2D eigenvalue weighted by Crippen LogP contribution is 2.23.